The largest absolute Gasteiger partial charge is 0.375 e. The van der Waals surface area contributed by atoms with Gasteiger partial charge in [0.05, 0.1) is 5.39 Å². The molecule has 2 aliphatic heterocycles. The lowest BCUT2D eigenvalue weighted by Crippen LogP contribution is -2.43. The van der Waals surface area contributed by atoms with Crippen LogP contribution >= 0.6 is 0 Å². The van der Waals surface area contributed by atoms with Gasteiger partial charge in [0, 0.05) is 6.42 Å². The molecule has 3 heterocycles. The van der Waals surface area contributed by atoms with Gasteiger partial charge in [-0.25, -0.2) is 0 Å². The summed E-state index contributed by atoms with van der Waals surface area (Å²) in [6.07, 6.45) is 2.66. The first-order valence-corrected chi connectivity index (χ1v) is 8.70. The molecule has 2 saturated heterocycles. The van der Waals surface area contributed by atoms with E-state index in [0.717, 1.165) is 30.7 Å². The van der Waals surface area contributed by atoms with Crippen LogP contribution in [0.4, 0.5) is 0 Å². The zero-order valence-corrected chi connectivity index (χ0v) is 14.2. The highest BCUT2D eigenvalue weighted by Gasteiger charge is 2.31. The normalized spacial score (nSPS) is 23.2. The molecular weight excluding hydrogens is 322 g/mol. The van der Waals surface area contributed by atoms with E-state index in [-0.39, 0.29) is 24.3 Å². The lowest BCUT2D eigenvalue weighted by molar-refractivity contribution is -0.137. The molecule has 1 atom stereocenters. The minimum absolute atomic E-state index is 0.209. The molecule has 0 bridgehead atoms. The zero-order chi connectivity index (χ0) is 17.6. The fraction of sp³-hybridized carbons (Fsp3) is 0.500. The summed E-state index contributed by atoms with van der Waals surface area (Å²) in [6.45, 7) is 2.12. The van der Waals surface area contributed by atoms with E-state index in [4.69, 9.17) is 4.52 Å². The third kappa shape index (κ3) is 2.89. The minimum atomic E-state index is -0.760. The quantitative estimate of drug-likeness (QED) is 0.833. The van der Waals surface area contributed by atoms with Gasteiger partial charge in [-0.1, -0.05) is 6.07 Å². The Bertz CT molecular complexity index is 889. The Hall–Kier alpha value is -2.41. The summed E-state index contributed by atoms with van der Waals surface area (Å²) in [7, 11) is 2.12. The average molecular weight is 343 g/mol. The number of hydrogen-bond acceptors (Lipinski definition) is 5. The standard InChI is InChI=1S/C18H21N3O4/c1-20-8-6-11(7-9-20)12-2-3-13-15(10-12)25-21(18(13)24)14-4-5-16(22)19-17(14)23/h2-3,10-11,14H,4-9H2,1H3,(H,19,22,23). The summed E-state index contributed by atoms with van der Waals surface area (Å²) in [6, 6.07) is 4.94. The summed E-state index contributed by atoms with van der Waals surface area (Å²) in [4.78, 5) is 38.2. The number of fused-ring (bicyclic) bond motifs is 1. The number of hydrogen-bond donors (Lipinski definition) is 1. The molecule has 1 aromatic carbocycles. The summed E-state index contributed by atoms with van der Waals surface area (Å²) in [5.74, 6) is -0.326. The number of benzene rings is 1. The number of nitrogens with one attached hydrogen (secondary N) is 1. The number of amides is 2. The maximum atomic E-state index is 12.6. The van der Waals surface area contributed by atoms with Gasteiger partial charge in [-0.2, -0.15) is 4.74 Å². The Kier molecular flexibility index (Phi) is 3.95. The molecule has 1 aromatic heterocycles. The van der Waals surface area contributed by atoms with E-state index < -0.39 is 11.9 Å². The third-order valence-electron chi connectivity index (χ3n) is 5.32. The van der Waals surface area contributed by atoms with Crippen molar-refractivity contribution < 1.29 is 14.1 Å². The number of carbonyl (C=O) groups is 2. The van der Waals surface area contributed by atoms with Crippen molar-refractivity contribution in [1.29, 1.82) is 0 Å². The van der Waals surface area contributed by atoms with E-state index in [2.05, 4.69) is 17.3 Å². The molecule has 2 amide bonds. The van der Waals surface area contributed by atoms with Crippen molar-refractivity contribution in [3.8, 4) is 0 Å². The second-order valence-electron chi connectivity index (χ2n) is 7.02. The molecule has 0 radical (unpaired) electrons. The molecule has 7 heteroatoms. The molecule has 4 rings (SSSR count). The maximum absolute atomic E-state index is 12.6. The van der Waals surface area contributed by atoms with Crippen LogP contribution in [-0.4, -0.2) is 41.6 Å². The van der Waals surface area contributed by atoms with Gasteiger partial charge in [0.15, 0.2) is 5.58 Å². The molecule has 25 heavy (non-hydrogen) atoms. The van der Waals surface area contributed by atoms with Gasteiger partial charge in [-0.3, -0.25) is 19.7 Å². The lowest BCUT2D eigenvalue weighted by Gasteiger charge is -2.29. The molecular formula is C18H21N3O4. The van der Waals surface area contributed by atoms with E-state index in [9.17, 15) is 14.4 Å². The number of aromatic nitrogens is 1. The number of nitrogens with zero attached hydrogens (tertiary/aromatic N) is 2. The first-order valence-electron chi connectivity index (χ1n) is 8.70. The van der Waals surface area contributed by atoms with Crippen molar-refractivity contribution in [2.24, 2.45) is 0 Å². The van der Waals surface area contributed by atoms with E-state index >= 15 is 0 Å². The van der Waals surface area contributed by atoms with Gasteiger partial charge in [-0.05, 0) is 63.0 Å². The summed E-state index contributed by atoms with van der Waals surface area (Å²) < 4.78 is 6.83. The predicted molar refractivity (Wildman–Crippen MR) is 91.4 cm³/mol. The van der Waals surface area contributed by atoms with E-state index in [0.29, 0.717) is 16.9 Å². The van der Waals surface area contributed by atoms with Crippen molar-refractivity contribution in [3.63, 3.8) is 0 Å². The summed E-state index contributed by atoms with van der Waals surface area (Å²) in [5.41, 5.74) is 1.36. The molecule has 7 nitrogen and oxygen atoms in total. The van der Waals surface area contributed by atoms with Gasteiger partial charge in [0.25, 0.3) is 11.5 Å². The van der Waals surface area contributed by atoms with Gasteiger partial charge in [0.2, 0.25) is 5.91 Å². The highest BCUT2D eigenvalue weighted by atomic mass is 16.5. The molecule has 2 aliphatic rings. The predicted octanol–water partition coefficient (Wildman–Crippen LogP) is 1.38. The topological polar surface area (TPSA) is 84.5 Å². The molecule has 0 saturated carbocycles. The first-order chi connectivity index (χ1) is 12.0. The second kappa shape index (κ2) is 6.15. The first kappa shape index (κ1) is 16.1. The molecule has 2 fully saturated rings. The van der Waals surface area contributed by atoms with Crippen LogP contribution in [0.15, 0.2) is 27.5 Å². The van der Waals surface area contributed by atoms with E-state index in [1.165, 1.54) is 5.56 Å². The number of carbonyl (C=O) groups excluding carboxylic acids is 2. The van der Waals surface area contributed by atoms with Crippen molar-refractivity contribution in [1.82, 2.24) is 15.0 Å². The van der Waals surface area contributed by atoms with Crippen molar-refractivity contribution in [2.45, 2.75) is 37.6 Å². The molecule has 2 aromatic rings. The molecule has 1 unspecified atom stereocenters. The number of rotatable bonds is 2. The van der Waals surface area contributed by atoms with Crippen LogP contribution in [0.3, 0.4) is 0 Å². The van der Waals surface area contributed by atoms with Crippen LogP contribution in [0.25, 0.3) is 11.0 Å². The highest BCUT2D eigenvalue weighted by molar-refractivity contribution is 5.99. The Labute approximate surface area is 144 Å². The average Bonchev–Trinajstić information content (AvgIpc) is 2.92. The second-order valence-corrected chi connectivity index (χ2v) is 7.02. The van der Waals surface area contributed by atoms with Gasteiger partial charge in [-0.15, -0.1) is 0 Å². The van der Waals surface area contributed by atoms with Crippen molar-refractivity contribution >= 4 is 22.8 Å². The van der Waals surface area contributed by atoms with Crippen LogP contribution in [-0.2, 0) is 9.59 Å². The fourth-order valence-corrected chi connectivity index (χ4v) is 3.76. The van der Waals surface area contributed by atoms with Gasteiger partial charge in [0.1, 0.15) is 6.04 Å². The number of imide groups is 1. The van der Waals surface area contributed by atoms with E-state index in [1.54, 1.807) is 6.07 Å². The minimum Gasteiger partial charge on any atom is -0.375 e. The molecule has 0 aliphatic carbocycles. The zero-order valence-electron chi connectivity index (χ0n) is 14.2. The van der Waals surface area contributed by atoms with Crippen LogP contribution in [0.2, 0.25) is 0 Å². The van der Waals surface area contributed by atoms with Crippen LogP contribution < -0.4 is 10.9 Å². The smallest absolute Gasteiger partial charge is 0.291 e. The van der Waals surface area contributed by atoms with Crippen LogP contribution in [0.5, 0.6) is 0 Å². The van der Waals surface area contributed by atoms with E-state index in [1.807, 2.05) is 12.1 Å². The number of piperidine rings is 2. The van der Waals surface area contributed by atoms with Crippen molar-refractivity contribution in [2.75, 3.05) is 20.1 Å². The van der Waals surface area contributed by atoms with Crippen LogP contribution in [0, 0.1) is 0 Å². The summed E-state index contributed by atoms with van der Waals surface area (Å²) >= 11 is 0. The monoisotopic (exact) mass is 343 g/mol. The summed E-state index contributed by atoms with van der Waals surface area (Å²) in [5, 5.41) is 2.74. The van der Waals surface area contributed by atoms with Crippen LogP contribution in [0.1, 0.15) is 43.2 Å². The highest BCUT2D eigenvalue weighted by Crippen LogP contribution is 2.30. The SMILES string of the molecule is CN1CCC(c2ccc3c(=O)n(C4CCC(=O)NC4=O)oc3c2)CC1. The lowest BCUT2D eigenvalue weighted by atomic mass is 9.89. The van der Waals surface area contributed by atoms with Gasteiger partial charge >= 0.3 is 0 Å². The molecule has 1 N–H and O–H groups in total. The fourth-order valence-electron chi connectivity index (χ4n) is 3.76. The Balaban J connectivity index is 1.67. The Morgan fingerprint density at radius 2 is 1.88 bits per heavy atom. The third-order valence-corrected chi connectivity index (χ3v) is 5.32. The molecule has 132 valence electrons. The number of likely N-dealkylation sites (tertiary alicyclic amines) is 1. The van der Waals surface area contributed by atoms with Crippen molar-refractivity contribution in [3.05, 3.63) is 34.1 Å². The Morgan fingerprint density at radius 3 is 2.60 bits per heavy atom. The van der Waals surface area contributed by atoms with Gasteiger partial charge < -0.3 is 9.42 Å². The Morgan fingerprint density at radius 1 is 1.12 bits per heavy atom. The maximum Gasteiger partial charge on any atom is 0.291 e. The molecule has 0 spiro atoms.